The summed E-state index contributed by atoms with van der Waals surface area (Å²) in [4.78, 5) is 17.5. The minimum absolute atomic E-state index is 0.0186. The minimum atomic E-state index is 0.0186. The summed E-state index contributed by atoms with van der Waals surface area (Å²) in [6.07, 6.45) is 5.72. The van der Waals surface area contributed by atoms with Gasteiger partial charge in [0, 0.05) is 38.1 Å². The van der Waals surface area contributed by atoms with Gasteiger partial charge in [-0.05, 0) is 19.3 Å². The predicted octanol–water partition coefficient (Wildman–Crippen LogP) is 1.62. The number of hydrogen-bond donors (Lipinski definition) is 1. The van der Waals surface area contributed by atoms with Crippen molar-refractivity contribution in [2.24, 2.45) is 5.92 Å². The lowest BCUT2D eigenvalue weighted by Crippen LogP contribution is -2.60. The highest BCUT2D eigenvalue weighted by Crippen LogP contribution is 2.32. The highest BCUT2D eigenvalue weighted by molar-refractivity contribution is 7.80. The summed E-state index contributed by atoms with van der Waals surface area (Å²) < 4.78 is 5.36. The normalized spacial score (nSPS) is 31.0. The Morgan fingerprint density at radius 3 is 2.76 bits per heavy atom. The van der Waals surface area contributed by atoms with E-state index in [0.717, 1.165) is 63.6 Å². The van der Waals surface area contributed by atoms with Gasteiger partial charge < -0.3 is 15.0 Å². The Balaban J connectivity index is 1.52. The molecule has 0 spiro atoms. The second-order valence-electron chi connectivity index (χ2n) is 6.25. The summed E-state index contributed by atoms with van der Waals surface area (Å²) in [5.74, 6) is 0.384. The van der Waals surface area contributed by atoms with Gasteiger partial charge in [0.05, 0.1) is 18.2 Å². The van der Waals surface area contributed by atoms with Crippen LogP contribution in [0.4, 0.5) is 4.79 Å². The maximum absolute atomic E-state index is 12.2. The largest absolute Gasteiger partial charge is 0.379 e. The molecule has 1 aliphatic carbocycles. The van der Waals surface area contributed by atoms with E-state index in [1.54, 1.807) is 0 Å². The maximum Gasteiger partial charge on any atom is 0.322 e. The topological polar surface area (TPSA) is 44.8 Å². The fourth-order valence-corrected chi connectivity index (χ4v) is 4.13. The van der Waals surface area contributed by atoms with E-state index in [4.69, 9.17) is 17.0 Å². The lowest BCUT2D eigenvalue weighted by molar-refractivity contribution is 0.0353. The Kier molecular flexibility index (Phi) is 5.08. The summed E-state index contributed by atoms with van der Waals surface area (Å²) in [6, 6.07) is 0.356. The molecule has 0 bridgehead atoms. The van der Waals surface area contributed by atoms with E-state index in [1.165, 1.54) is 12.8 Å². The molecule has 2 atom stereocenters. The van der Waals surface area contributed by atoms with Gasteiger partial charge in [-0.3, -0.25) is 4.90 Å². The van der Waals surface area contributed by atoms with Gasteiger partial charge in [0.1, 0.15) is 0 Å². The molecule has 2 saturated heterocycles. The van der Waals surface area contributed by atoms with Crippen LogP contribution < -0.4 is 5.32 Å². The summed E-state index contributed by atoms with van der Waals surface area (Å²) in [6.45, 7) is 5.60. The van der Waals surface area contributed by atoms with Gasteiger partial charge in [0.2, 0.25) is 0 Å². The van der Waals surface area contributed by atoms with Crippen LogP contribution in [0.2, 0.25) is 0 Å². The van der Waals surface area contributed by atoms with E-state index < -0.39 is 0 Å². The van der Waals surface area contributed by atoms with Crippen molar-refractivity contribution in [2.75, 3.05) is 39.4 Å². The number of thiocarbonyl (C=S) groups is 1. The standard InChI is InChI=1S/C15H25N3O2S/c19-15-16-14(21)12-4-1-2-5-13(12)18(15)7-3-6-17-8-10-20-11-9-17/h12-13H,1-11H2,(H,16,19,21). The molecule has 21 heavy (non-hydrogen) atoms. The lowest BCUT2D eigenvalue weighted by Gasteiger charge is -2.44. The summed E-state index contributed by atoms with van der Waals surface area (Å²) in [7, 11) is 0. The van der Waals surface area contributed by atoms with Gasteiger partial charge in [0.15, 0.2) is 0 Å². The first-order valence-corrected chi connectivity index (χ1v) is 8.58. The number of hydrogen-bond acceptors (Lipinski definition) is 4. The molecule has 0 aromatic carbocycles. The van der Waals surface area contributed by atoms with Crippen LogP contribution in [0.5, 0.6) is 0 Å². The molecule has 2 aliphatic heterocycles. The third-order valence-electron chi connectivity index (χ3n) is 4.93. The van der Waals surface area contributed by atoms with Crippen molar-refractivity contribution in [1.29, 1.82) is 0 Å². The molecule has 6 heteroatoms. The van der Waals surface area contributed by atoms with Gasteiger partial charge in [-0.25, -0.2) is 4.79 Å². The number of rotatable bonds is 4. The average Bonchev–Trinajstić information content (AvgIpc) is 2.51. The Morgan fingerprint density at radius 2 is 1.95 bits per heavy atom. The van der Waals surface area contributed by atoms with Crippen LogP contribution >= 0.6 is 12.2 Å². The first-order valence-electron chi connectivity index (χ1n) is 8.17. The summed E-state index contributed by atoms with van der Waals surface area (Å²) >= 11 is 5.37. The molecular weight excluding hydrogens is 286 g/mol. The van der Waals surface area contributed by atoms with E-state index in [9.17, 15) is 4.79 Å². The minimum Gasteiger partial charge on any atom is -0.379 e. The maximum atomic E-state index is 12.2. The molecule has 2 heterocycles. The van der Waals surface area contributed by atoms with Gasteiger partial charge in [-0.1, -0.05) is 25.1 Å². The molecule has 5 nitrogen and oxygen atoms in total. The highest BCUT2D eigenvalue weighted by Gasteiger charge is 2.39. The van der Waals surface area contributed by atoms with Crippen LogP contribution in [-0.4, -0.2) is 66.3 Å². The molecule has 0 aromatic rings. The SMILES string of the molecule is O=C1NC(=S)C2CCCCC2N1CCCN1CCOCC1. The van der Waals surface area contributed by atoms with Crippen molar-refractivity contribution in [2.45, 2.75) is 38.1 Å². The summed E-state index contributed by atoms with van der Waals surface area (Å²) in [5.41, 5.74) is 0. The number of urea groups is 1. The van der Waals surface area contributed by atoms with E-state index >= 15 is 0 Å². The number of ether oxygens (including phenoxy) is 1. The van der Waals surface area contributed by atoms with Crippen molar-refractivity contribution in [1.82, 2.24) is 15.1 Å². The molecule has 1 saturated carbocycles. The Labute approximate surface area is 132 Å². The second-order valence-corrected chi connectivity index (χ2v) is 6.69. The van der Waals surface area contributed by atoms with Crippen molar-refractivity contribution in [3.8, 4) is 0 Å². The van der Waals surface area contributed by atoms with Crippen molar-refractivity contribution in [3.63, 3.8) is 0 Å². The first-order chi connectivity index (χ1) is 10.3. The van der Waals surface area contributed by atoms with Gasteiger partial charge in [0.25, 0.3) is 0 Å². The number of morpholine rings is 1. The van der Waals surface area contributed by atoms with Crippen LogP contribution in [-0.2, 0) is 4.74 Å². The van der Waals surface area contributed by atoms with E-state index in [-0.39, 0.29) is 6.03 Å². The predicted molar refractivity (Wildman–Crippen MR) is 85.5 cm³/mol. The van der Waals surface area contributed by atoms with Crippen LogP contribution in [0, 0.1) is 5.92 Å². The fourth-order valence-electron chi connectivity index (χ4n) is 3.77. The van der Waals surface area contributed by atoms with Crippen molar-refractivity contribution in [3.05, 3.63) is 0 Å². The van der Waals surface area contributed by atoms with Crippen LogP contribution in [0.1, 0.15) is 32.1 Å². The van der Waals surface area contributed by atoms with E-state index in [2.05, 4.69) is 10.2 Å². The number of fused-ring (bicyclic) bond motifs is 1. The second kappa shape index (κ2) is 7.03. The first kappa shape index (κ1) is 15.2. The number of carbonyl (C=O) groups excluding carboxylic acids is 1. The van der Waals surface area contributed by atoms with Gasteiger partial charge >= 0.3 is 6.03 Å². The molecule has 2 unspecified atom stereocenters. The van der Waals surface area contributed by atoms with Crippen LogP contribution in [0.15, 0.2) is 0 Å². The smallest absolute Gasteiger partial charge is 0.322 e. The zero-order valence-electron chi connectivity index (χ0n) is 12.6. The number of nitrogens with one attached hydrogen (secondary N) is 1. The monoisotopic (exact) mass is 311 g/mol. The molecule has 2 amide bonds. The number of carbonyl (C=O) groups is 1. The highest BCUT2D eigenvalue weighted by atomic mass is 32.1. The Hall–Kier alpha value is -0.720. The lowest BCUT2D eigenvalue weighted by atomic mass is 9.82. The zero-order chi connectivity index (χ0) is 14.7. The fraction of sp³-hybridized carbons (Fsp3) is 0.867. The molecule has 3 aliphatic rings. The van der Waals surface area contributed by atoms with Crippen molar-refractivity contribution < 1.29 is 9.53 Å². The molecule has 118 valence electrons. The molecule has 3 fully saturated rings. The molecule has 3 rings (SSSR count). The molecular formula is C15H25N3O2S. The van der Waals surface area contributed by atoms with Gasteiger partial charge in [-0.15, -0.1) is 0 Å². The molecule has 0 aromatic heterocycles. The van der Waals surface area contributed by atoms with Crippen molar-refractivity contribution >= 4 is 23.2 Å². The molecule has 1 N–H and O–H groups in total. The number of nitrogens with zero attached hydrogens (tertiary/aromatic N) is 2. The Morgan fingerprint density at radius 1 is 1.19 bits per heavy atom. The third kappa shape index (κ3) is 3.55. The summed E-state index contributed by atoms with van der Waals surface area (Å²) in [5, 5.41) is 2.90. The number of amides is 2. The Bertz CT molecular complexity index is 398. The third-order valence-corrected chi connectivity index (χ3v) is 5.34. The van der Waals surface area contributed by atoms with Gasteiger partial charge in [-0.2, -0.15) is 0 Å². The molecule has 0 radical (unpaired) electrons. The van der Waals surface area contributed by atoms with Crippen LogP contribution in [0.3, 0.4) is 0 Å². The van der Waals surface area contributed by atoms with E-state index in [0.29, 0.717) is 12.0 Å². The van der Waals surface area contributed by atoms with E-state index in [1.807, 2.05) is 4.90 Å². The quantitative estimate of drug-likeness (QED) is 0.802. The average molecular weight is 311 g/mol. The zero-order valence-corrected chi connectivity index (χ0v) is 13.4. The van der Waals surface area contributed by atoms with Crippen LogP contribution in [0.25, 0.3) is 0 Å².